The van der Waals surface area contributed by atoms with E-state index < -0.39 is 50.2 Å². The molecule has 4 aromatic carbocycles. The van der Waals surface area contributed by atoms with Gasteiger partial charge in [-0.1, -0.05) is 73.4 Å². The van der Waals surface area contributed by atoms with Crippen LogP contribution in [0.4, 0.5) is 11.4 Å². The first-order valence-corrected chi connectivity index (χ1v) is 21.5. The SMILES string of the molecule is CCC(c1ccc(Cl)cc1)(C(C)O)n1ncc2c(NS(=O)(=O)NCC(O)C(CC)(c3ccc(Cl)cc3)n3ncc4c(NS(=O)(=O)N(C)C)cccc43)cccc21. The summed E-state index contributed by atoms with van der Waals surface area (Å²) in [6.07, 6.45) is 1.45. The van der Waals surface area contributed by atoms with E-state index in [1.165, 1.54) is 20.3 Å². The third-order valence-corrected chi connectivity index (χ3v) is 13.4. The number of nitrogens with zero attached hydrogens (tertiary/aromatic N) is 5. The molecule has 18 heteroatoms. The molecule has 0 aliphatic rings. The van der Waals surface area contributed by atoms with Gasteiger partial charge in [0.05, 0.1) is 47.0 Å². The van der Waals surface area contributed by atoms with Gasteiger partial charge < -0.3 is 10.2 Å². The van der Waals surface area contributed by atoms with E-state index in [1.54, 1.807) is 95.3 Å². The van der Waals surface area contributed by atoms with E-state index in [9.17, 15) is 27.0 Å². The van der Waals surface area contributed by atoms with Crippen molar-refractivity contribution >= 4 is 76.8 Å². The molecule has 0 bridgehead atoms. The first-order chi connectivity index (χ1) is 26.5. The molecule has 5 N–H and O–H groups in total. The molecule has 14 nitrogen and oxygen atoms in total. The van der Waals surface area contributed by atoms with E-state index >= 15 is 0 Å². The number of hydrogen-bond donors (Lipinski definition) is 5. The smallest absolute Gasteiger partial charge is 0.301 e. The molecular formula is C38H44Cl2N8O6S2. The highest BCUT2D eigenvalue weighted by Crippen LogP contribution is 2.40. The second-order valence-electron chi connectivity index (χ2n) is 13.7. The highest BCUT2D eigenvalue weighted by atomic mass is 35.5. The van der Waals surface area contributed by atoms with Crippen molar-refractivity contribution in [2.45, 2.75) is 56.9 Å². The van der Waals surface area contributed by atoms with E-state index in [-0.39, 0.29) is 17.8 Å². The highest BCUT2D eigenvalue weighted by Gasteiger charge is 2.43. The number of anilines is 2. The molecule has 0 radical (unpaired) electrons. The Hall–Kier alpha value is -4.26. The van der Waals surface area contributed by atoms with Crippen LogP contribution in [-0.4, -0.2) is 83.8 Å². The van der Waals surface area contributed by atoms with Crippen molar-refractivity contribution in [2.75, 3.05) is 30.1 Å². The van der Waals surface area contributed by atoms with Crippen molar-refractivity contribution in [1.82, 2.24) is 28.6 Å². The third-order valence-electron chi connectivity index (χ3n) is 10.4. The summed E-state index contributed by atoms with van der Waals surface area (Å²) in [5.41, 5.74) is 0.584. The molecule has 2 heterocycles. The van der Waals surface area contributed by atoms with Crippen molar-refractivity contribution in [1.29, 1.82) is 0 Å². The quantitative estimate of drug-likeness (QED) is 0.0797. The number of fused-ring (bicyclic) bond motifs is 2. The van der Waals surface area contributed by atoms with Gasteiger partial charge in [0, 0.05) is 41.5 Å². The van der Waals surface area contributed by atoms with E-state index in [0.717, 1.165) is 9.87 Å². The lowest BCUT2D eigenvalue weighted by atomic mass is 9.81. The van der Waals surface area contributed by atoms with Gasteiger partial charge in [-0.25, -0.2) is 0 Å². The van der Waals surface area contributed by atoms with Crippen molar-refractivity contribution in [2.24, 2.45) is 0 Å². The summed E-state index contributed by atoms with van der Waals surface area (Å²) in [4.78, 5) is 0. The van der Waals surface area contributed by atoms with Gasteiger partial charge in [0.25, 0.3) is 10.2 Å². The molecule has 298 valence electrons. The molecule has 0 amide bonds. The van der Waals surface area contributed by atoms with Gasteiger partial charge in [-0.2, -0.15) is 36.1 Å². The van der Waals surface area contributed by atoms with Crippen LogP contribution in [0, 0.1) is 0 Å². The second kappa shape index (κ2) is 15.9. The number of aliphatic hydroxyl groups excluding tert-OH is 2. The predicted octanol–water partition coefficient (Wildman–Crippen LogP) is 5.91. The average molecular weight is 844 g/mol. The van der Waals surface area contributed by atoms with E-state index in [2.05, 4.69) is 24.4 Å². The van der Waals surface area contributed by atoms with Crippen LogP contribution in [0.25, 0.3) is 21.8 Å². The molecule has 0 aliphatic carbocycles. The van der Waals surface area contributed by atoms with Gasteiger partial charge in [0.15, 0.2) is 0 Å². The fourth-order valence-corrected chi connectivity index (χ4v) is 9.20. The zero-order valence-electron chi connectivity index (χ0n) is 31.3. The van der Waals surface area contributed by atoms with Crippen LogP contribution >= 0.6 is 23.2 Å². The maximum atomic E-state index is 13.8. The van der Waals surface area contributed by atoms with Gasteiger partial charge >= 0.3 is 10.2 Å². The lowest BCUT2D eigenvalue weighted by Gasteiger charge is -2.39. The van der Waals surface area contributed by atoms with Gasteiger partial charge in [-0.3, -0.25) is 18.8 Å². The lowest BCUT2D eigenvalue weighted by Crippen LogP contribution is -2.52. The van der Waals surface area contributed by atoms with Gasteiger partial charge in [0.1, 0.15) is 11.1 Å². The summed E-state index contributed by atoms with van der Waals surface area (Å²) in [6.45, 7) is 5.01. The summed E-state index contributed by atoms with van der Waals surface area (Å²) < 4.78 is 65.1. The molecule has 0 saturated carbocycles. The normalized spacial score (nSPS) is 15.8. The maximum Gasteiger partial charge on any atom is 0.301 e. The predicted molar refractivity (Wildman–Crippen MR) is 222 cm³/mol. The van der Waals surface area contributed by atoms with Crippen LogP contribution in [0.1, 0.15) is 44.7 Å². The number of aromatic nitrogens is 4. The molecule has 4 unspecified atom stereocenters. The Morgan fingerprint density at radius 1 is 0.714 bits per heavy atom. The van der Waals surface area contributed by atoms with Crippen molar-refractivity contribution in [3.63, 3.8) is 0 Å². The Balaban J connectivity index is 1.34. The fourth-order valence-electron chi connectivity index (χ4n) is 7.40. The zero-order chi connectivity index (χ0) is 40.6. The Bertz CT molecular complexity index is 2560. The zero-order valence-corrected chi connectivity index (χ0v) is 34.5. The van der Waals surface area contributed by atoms with Gasteiger partial charge in [-0.15, -0.1) is 0 Å². The Kier molecular flexibility index (Phi) is 11.8. The van der Waals surface area contributed by atoms with Crippen LogP contribution in [-0.2, 0) is 31.5 Å². The summed E-state index contributed by atoms with van der Waals surface area (Å²) in [5, 5.41) is 34.6. The van der Waals surface area contributed by atoms with Crippen LogP contribution < -0.4 is 14.2 Å². The largest absolute Gasteiger partial charge is 0.391 e. The summed E-state index contributed by atoms with van der Waals surface area (Å²) in [5.74, 6) is 0. The Morgan fingerprint density at radius 2 is 1.16 bits per heavy atom. The number of benzene rings is 4. The van der Waals surface area contributed by atoms with E-state index in [0.29, 0.717) is 43.8 Å². The standard InChI is InChI=1S/C38H44Cl2N8O6S2/c1-6-37(25(3)49,26-14-18-28(39)19-15-26)47-34-12-8-10-32(30(34)22-41-47)44-55(51,52)43-24-36(50)38(7-2,27-16-20-29(40)21-17-27)48-35-13-9-11-33(31(35)23-42-48)45-56(53,54)46(4)5/h8-23,25,36,43-45,49-50H,6-7,24H2,1-5H3. The number of hydrogen-bond acceptors (Lipinski definition) is 8. The van der Waals surface area contributed by atoms with Gasteiger partial charge in [-0.05, 0) is 79.4 Å². The van der Waals surface area contributed by atoms with Crippen molar-refractivity contribution in [3.8, 4) is 0 Å². The molecule has 0 aliphatic heterocycles. The first-order valence-electron chi connectivity index (χ1n) is 17.8. The van der Waals surface area contributed by atoms with Gasteiger partial charge in [0.2, 0.25) is 0 Å². The minimum Gasteiger partial charge on any atom is -0.391 e. The fraction of sp³-hybridized carbons (Fsp3) is 0.316. The Morgan fingerprint density at radius 3 is 1.61 bits per heavy atom. The van der Waals surface area contributed by atoms with Crippen LogP contribution in [0.3, 0.4) is 0 Å². The van der Waals surface area contributed by atoms with Crippen LogP contribution in [0.15, 0.2) is 97.3 Å². The third kappa shape index (κ3) is 7.47. The maximum absolute atomic E-state index is 13.8. The van der Waals surface area contributed by atoms with Crippen LogP contribution in [0.2, 0.25) is 10.0 Å². The Labute approximate surface area is 336 Å². The summed E-state index contributed by atoms with van der Waals surface area (Å²) in [6, 6.07) is 24.1. The van der Waals surface area contributed by atoms with Crippen LogP contribution in [0.5, 0.6) is 0 Å². The molecule has 0 fully saturated rings. The number of nitrogens with one attached hydrogen (secondary N) is 3. The number of aliphatic hydroxyl groups is 2. The minimum atomic E-state index is -4.32. The molecule has 2 aromatic heterocycles. The molecule has 56 heavy (non-hydrogen) atoms. The van der Waals surface area contributed by atoms with E-state index in [4.69, 9.17) is 23.2 Å². The summed E-state index contributed by atoms with van der Waals surface area (Å²) >= 11 is 12.4. The first kappa shape index (κ1) is 41.4. The molecule has 6 rings (SSSR count). The highest BCUT2D eigenvalue weighted by molar-refractivity contribution is 7.91. The number of halogens is 2. The number of rotatable bonds is 16. The van der Waals surface area contributed by atoms with Crippen molar-refractivity contribution < 1.29 is 27.0 Å². The molecule has 0 spiro atoms. The second-order valence-corrected chi connectivity index (χ2v) is 18.0. The summed E-state index contributed by atoms with van der Waals surface area (Å²) in [7, 11) is -5.37. The average Bonchev–Trinajstić information content (AvgIpc) is 3.80. The molecule has 0 saturated heterocycles. The monoisotopic (exact) mass is 842 g/mol. The van der Waals surface area contributed by atoms with Crippen molar-refractivity contribution in [3.05, 3.63) is 118 Å². The molecular weight excluding hydrogens is 800 g/mol. The molecule has 6 aromatic rings. The lowest BCUT2D eigenvalue weighted by molar-refractivity contribution is 0.0558. The minimum absolute atomic E-state index is 0.229. The molecule has 4 atom stereocenters. The topological polar surface area (TPSA) is 184 Å². The van der Waals surface area contributed by atoms with E-state index in [1.807, 2.05) is 26.0 Å².